The number of hydrogen-bond donors (Lipinski definition) is 1. The Kier molecular flexibility index (Phi) is 4.95. The molecule has 1 saturated heterocycles. The summed E-state index contributed by atoms with van der Waals surface area (Å²) in [4.78, 5) is 18.5. The lowest BCUT2D eigenvalue weighted by Gasteiger charge is -2.35. The highest BCUT2D eigenvalue weighted by Crippen LogP contribution is 2.26. The van der Waals surface area contributed by atoms with E-state index in [0.717, 1.165) is 31.7 Å². The molecule has 0 saturated carbocycles. The molecule has 0 bridgehead atoms. The highest BCUT2D eigenvalue weighted by Gasteiger charge is 2.25. The SMILES string of the molecule is CCOC(=O)c1cccnc1N1CCC(C(C)N)CC1. The largest absolute Gasteiger partial charge is 0.462 e. The van der Waals surface area contributed by atoms with Crippen LogP contribution in [0.15, 0.2) is 18.3 Å². The Labute approximate surface area is 120 Å². The molecule has 1 unspecified atom stereocenters. The third-order valence-electron chi connectivity index (χ3n) is 3.86. The first-order chi connectivity index (χ1) is 9.63. The molecule has 0 spiro atoms. The summed E-state index contributed by atoms with van der Waals surface area (Å²) in [6, 6.07) is 3.77. The van der Waals surface area contributed by atoms with Crippen LogP contribution in [-0.4, -0.2) is 36.7 Å². The number of esters is 1. The summed E-state index contributed by atoms with van der Waals surface area (Å²) in [6.07, 6.45) is 3.79. The molecule has 20 heavy (non-hydrogen) atoms. The summed E-state index contributed by atoms with van der Waals surface area (Å²) in [6.45, 7) is 6.01. The number of carbonyl (C=O) groups is 1. The highest BCUT2D eigenvalue weighted by atomic mass is 16.5. The standard InChI is InChI=1S/C15H23N3O2/c1-3-20-15(19)13-5-4-8-17-14(13)18-9-6-12(7-10-18)11(2)16/h4-5,8,11-12H,3,6-7,9-10,16H2,1-2H3. The van der Waals surface area contributed by atoms with Gasteiger partial charge >= 0.3 is 5.97 Å². The Morgan fingerprint density at radius 2 is 2.25 bits per heavy atom. The molecule has 0 aliphatic carbocycles. The van der Waals surface area contributed by atoms with Crippen molar-refractivity contribution in [3.05, 3.63) is 23.9 Å². The molecule has 2 N–H and O–H groups in total. The van der Waals surface area contributed by atoms with Crippen molar-refractivity contribution in [2.45, 2.75) is 32.7 Å². The zero-order valence-corrected chi connectivity index (χ0v) is 12.2. The monoisotopic (exact) mass is 277 g/mol. The second-order valence-electron chi connectivity index (χ2n) is 5.28. The molecule has 1 atom stereocenters. The van der Waals surface area contributed by atoms with Crippen LogP contribution in [0.1, 0.15) is 37.0 Å². The maximum absolute atomic E-state index is 12.0. The van der Waals surface area contributed by atoms with E-state index in [1.807, 2.05) is 6.92 Å². The zero-order chi connectivity index (χ0) is 14.5. The van der Waals surface area contributed by atoms with Gasteiger partial charge in [0.05, 0.1) is 6.61 Å². The van der Waals surface area contributed by atoms with Crippen LogP contribution in [0.25, 0.3) is 0 Å². The Balaban J connectivity index is 2.12. The zero-order valence-electron chi connectivity index (χ0n) is 12.2. The highest BCUT2D eigenvalue weighted by molar-refractivity contribution is 5.94. The Hall–Kier alpha value is -1.62. The Morgan fingerprint density at radius 3 is 2.85 bits per heavy atom. The smallest absolute Gasteiger partial charge is 0.341 e. The predicted octanol–water partition coefficient (Wildman–Crippen LogP) is 1.82. The van der Waals surface area contributed by atoms with Crippen molar-refractivity contribution in [1.82, 2.24) is 4.98 Å². The third kappa shape index (κ3) is 3.28. The van der Waals surface area contributed by atoms with Gasteiger partial charge in [-0.05, 0) is 44.7 Å². The molecule has 2 heterocycles. The summed E-state index contributed by atoms with van der Waals surface area (Å²) in [5.74, 6) is 0.986. The fraction of sp³-hybridized carbons (Fsp3) is 0.600. The van der Waals surface area contributed by atoms with Gasteiger partial charge in [0.25, 0.3) is 0 Å². The number of nitrogens with two attached hydrogens (primary N) is 1. The van der Waals surface area contributed by atoms with Gasteiger partial charge in [0.2, 0.25) is 0 Å². The molecule has 110 valence electrons. The molecular weight excluding hydrogens is 254 g/mol. The van der Waals surface area contributed by atoms with E-state index in [9.17, 15) is 4.79 Å². The molecule has 2 rings (SSSR count). The molecule has 0 radical (unpaired) electrons. The van der Waals surface area contributed by atoms with E-state index in [2.05, 4.69) is 16.8 Å². The van der Waals surface area contributed by atoms with Crippen LogP contribution in [0, 0.1) is 5.92 Å². The summed E-state index contributed by atoms with van der Waals surface area (Å²) >= 11 is 0. The van der Waals surface area contributed by atoms with Crippen molar-refractivity contribution < 1.29 is 9.53 Å². The van der Waals surface area contributed by atoms with Crippen LogP contribution in [0.4, 0.5) is 5.82 Å². The quantitative estimate of drug-likeness (QED) is 0.850. The van der Waals surface area contributed by atoms with Crippen molar-refractivity contribution in [3.8, 4) is 0 Å². The van der Waals surface area contributed by atoms with Crippen LogP contribution in [0.2, 0.25) is 0 Å². The number of piperidine rings is 1. The van der Waals surface area contributed by atoms with Gasteiger partial charge in [-0.3, -0.25) is 0 Å². The number of aromatic nitrogens is 1. The number of pyridine rings is 1. The fourth-order valence-corrected chi connectivity index (χ4v) is 2.65. The fourth-order valence-electron chi connectivity index (χ4n) is 2.65. The van der Waals surface area contributed by atoms with Gasteiger partial charge in [-0.15, -0.1) is 0 Å². The van der Waals surface area contributed by atoms with E-state index in [1.54, 1.807) is 18.3 Å². The van der Waals surface area contributed by atoms with Crippen LogP contribution in [0.3, 0.4) is 0 Å². The minimum atomic E-state index is -0.301. The molecule has 1 aromatic heterocycles. The lowest BCUT2D eigenvalue weighted by molar-refractivity contribution is 0.0526. The Morgan fingerprint density at radius 1 is 1.55 bits per heavy atom. The maximum Gasteiger partial charge on any atom is 0.341 e. The van der Waals surface area contributed by atoms with Gasteiger partial charge in [0.1, 0.15) is 11.4 Å². The van der Waals surface area contributed by atoms with Gasteiger partial charge in [0, 0.05) is 25.3 Å². The van der Waals surface area contributed by atoms with Crippen LogP contribution < -0.4 is 10.6 Å². The van der Waals surface area contributed by atoms with Crippen molar-refractivity contribution in [2.24, 2.45) is 11.7 Å². The normalized spacial score (nSPS) is 17.9. The second-order valence-corrected chi connectivity index (χ2v) is 5.28. The molecule has 1 aliphatic heterocycles. The first-order valence-corrected chi connectivity index (χ1v) is 7.26. The van der Waals surface area contributed by atoms with E-state index in [4.69, 9.17) is 10.5 Å². The van der Waals surface area contributed by atoms with E-state index in [1.165, 1.54) is 0 Å². The van der Waals surface area contributed by atoms with Crippen molar-refractivity contribution >= 4 is 11.8 Å². The van der Waals surface area contributed by atoms with E-state index >= 15 is 0 Å². The Bertz CT molecular complexity index is 454. The minimum Gasteiger partial charge on any atom is -0.462 e. The summed E-state index contributed by atoms with van der Waals surface area (Å²) in [5, 5.41) is 0. The van der Waals surface area contributed by atoms with Crippen molar-refractivity contribution in [1.29, 1.82) is 0 Å². The van der Waals surface area contributed by atoms with E-state index in [0.29, 0.717) is 18.1 Å². The minimum absolute atomic E-state index is 0.227. The number of rotatable bonds is 4. The van der Waals surface area contributed by atoms with Gasteiger partial charge in [-0.2, -0.15) is 0 Å². The topological polar surface area (TPSA) is 68.5 Å². The average Bonchev–Trinajstić information content (AvgIpc) is 2.47. The van der Waals surface area contributed by atoms with E-state index in [-0.39, 0.29) is 12.0 Å². The predicted molar refractivity (Wildman–Crippen MR) is 78.8 cm³/mol. The van der Waals surface area contributed by atoms with Crippen LogP contribution in [0.5, 0.6) is 0 Å². The summed E-state index contributed by atoms with van der Waals surface area (Å²) < 4.78 is 5.09. The molecule has 0 aromatic carbocycles. The molecule has 5 heteroatoms. The molecule has 1 fully saturated rings. The molecule has 1 aromatic rings. The van der Waals surface area contributed by atoms with Gasteiger partial charge in [0.15, 0.2) is 0 Å². The van der Waals surface area contributed by atoms with E-state index < -0.39 is 0 Å². The van der Waals surface area contributed by atoms with Crippen LogP contribution >= 0.6 is 0 Å². The first-order valence-electron chi connectivity index (χ1n) is 7.26. The van der Waals surface area contributed by atoms with Gasteiger partial charge < -0.3 is 15.4 Å². The first kappa shape index (κ1) is 14.8. The third-order valence-corrected chi connectivity index (χ3v) is 3.86. The number of hydrogen-bond acceptors (Lipinski definition) is 5. The van der Waals surface area contributed by atoms with Crippen molar-refractivity contribution in [3.63, 3.8) is 0 Å². The van der Waals surface area contributed by atoms with Crippen molar-refractivity contribution in [2.75, 3.05) is 24.6 Å². The molecular formula is C15H23N3O2. The molecule has 1 aliphatic rings. The second kappa shape index (κ2) is 6.70. The van der Waals surface area contributed by atoms with Crippen LogP contribution in [-0.2, 0) is 4.74 Å². The summed E-state index contributed by atoms with van der Waals surface area (Å²) in [5.41, 5.74) is 6.51. The summed E-state index contributed by atoms with van der Waals surface area (Å²) in [7, 11) is 0. The number of ether oxygens (including phenoxy) is 1. The lowest BCUT2D eigenvalue weighted by Crippen LogP contribution is -2.40. The maximum atomic E-state index is 12.0. The lowest BCUT2D eigenvalue weighted by atomic mass is 9.91. The number of anilines is 1. The molecule has 5 nitrogen and oxygen atoms in total. The van der Waals surface area contributed by atoms with Gasteiger partial charge in [-0.1, -0.05) is 0 Å². The molecule has 0 amide bonds. The number of nitrogens with zero attached hydrogens (tertiary/aromatic N) is 2. The average molecular weight is 277 g/mol. The number of carbonyl (C=O) groups excluding carboxylic acids is 1. The van der Waals surface area contributed by atoms with Gasteiger partial charge in [-0.25, -0.2) is 9.78 Å².